The Balaban J connectivity index is 2.15. The maximum Gasteiger partial charge on any atom is 0.253 e. The molecule has 7 nitrogen and oxygen atoms in total. The second kappa shape index (κ2) is 13.3. The van der Waals surface area contributed by atoms with Gasteiger partial charge in [0.1, 0.15) is 5.75 Å². The molecule has 0 bridgehead atoms. The van der Waals surface area contributed by atoms with Gasteiger partial charge in [-0.05, 0) is 68.3 Å². The third kappa shape index (κ3) is 7.79. The van der Waals surface area contributed by atoms with Crippen LogP contribution in [0.4, 0.5) is 0 Å². The van der Waals surface area contributed by atoms with E-state index in [1.807, 2.05) is 24.3 Å². The van der Waals surface area contributed by atoms with E-state index in [4.69, 9.17) is 21.7 Å². The second-order valence-corrected chi connectivity index (χ2v) is 7.84. The zero-order valence-corrected chi connectivity index (χ0v) is 20.0. The predicted molar refractivity (Wildman–Crippen MR) is 131 cm³/mol. The summed E-state index contributed by atoms with van der Waals surface area (Å²) in [7, 11) is 3.31. The minimum Gasteiger partial charge on any atom is -0.497 e. The lowest BCUT2D eigenvalue weighted by Gasteiger charge is -2.27. The molecular formula is C23H36N4O3S. The molecule has 0 spiro atoms. The molecule has 0 atom stereocenters. The molecule has 0 aliphatic heterocycles. The van der Waals surface area contributed by atoms with Crippen LogP contribution in [0, 0.1) is 0 Å². The molecule has 0 radical (unpaired) electrons. The smallest absolute Gasteiger partial charge is 0.253 e. The number of benzene rings is 1. The van der Waals surface area contributed by atoms with Crippen LogP contribution in [0.5, 0.6) is 5.75 Å². The minimum absolute atomic E-state index is 0.100. The summed E-state index contributed by atoms with van der Waals surface area (Å²) >= 11 is 5.66. The van der Waals surface area contributed by atoms with Crippen molar-refractivity contribution in [3.8, 4) is 5.75 Å². The monoisotopic (exact) mass is 448 g/mol. The van der Waals surface area contributed by atoms with Crippen molar-refractivity contribution in [2.24, 2.45) is 0 Å². The first-order chi connectivity index (χ1) is 15.0. The average molecular weight is 449 g/mol. The van der Waals surface area contributed by atoms with E-state index in [0.717, 1.165) is 62.2 Å². The molecule has 0 saturated carbocycles. The van der Waals surface area contributed by atoms with Crippen molar-refractivity contribution in [3.63, 3.8) is 0 Å². The van der Waals surface area contributed by atoms with Crippen LogP contribution in [0.1, 0.15) is 32.3 Å². The van der Waals surface area contributed by atoms with Gasteiger partial charge in [0.15, 0.2) is 5.11 Å². The molecule has 0 aliphatic rings. The van der Waals surface area contributed by atoms with E-state index < -0.39 is 0 Å². The number of nitrogens with zero attached hydrogens (tertiary/aromatic N) is 2. The normalized spacial score (nSPS) is 11.1. The summed E-state index contributed by atoms with van der Waals surface area (Å²) in [4.78, 5) is 20.2. The van der Waals surface area contributed by atoms with Gasteiger partial charge in [0.05, 0.1) is 19.2 Å². The van der Waals surface area contributed by atoms with Gasteiger partial charge in [-0.3, -0.25) is 4.79 Å². The Hall–Kier alpha value is -2.16. The van der Waals surface area contributed by atoms with E-state index in [-0.39, 0.29) is 5.56 Å². The minimum atomic E-state index is -0.100. The topological polar surface area (TPSA) is 69.8 Å². The number of H-pyrrole nitrogens is 1. The van der Waals surface area contributed by atoms with E-state index in [1.54, 1.807) is 14.2 Å². The first-order valence-corrected chi connectivity index (χ1v) is 11.4. The highest BCUT2D eigenvalue weighted by molar-refractivity contribution is 7.80. The van der Waals surface area contributed by atoms with Crippen molar-refractivity contribution < 1.29 is 9.47 Å². The highest BCUT2D eigenvalue weighted by Crippen LogP contribution is 2.19. The molecule has 1 aromatic heterocycles. The van der Waals surface area contributed by atoms with E-state index >= 15 is 0 Å². The third-order valence-corrected chi connectivity index (χ3v) is 5.78. The fourth-order valence-corrected chi connectivity index (χ4v) is 3.73. The van der Waals surface area contributed by atoms with E-state index in [9.17, 15) is 4.79 Å². The first-order valence-electron chi connectivity index (χ1n) is 11.0. The molecule has 2 aromatic rings. The summed E-state index contributed by atoms with van der Waals surface area (Å²) in [5.74, 6) is 0.718. The van der Waals surface area contributed by atoms with E-state index in [0.29, 0.717) is 23.8 Å². The number of rotatable bonds is 13. The summed E-state index contributed by atoms with van der Waals surface area (Å²) in [6.45, 7) is 10.1. The Kier molecular flexibility index (Phi) is 10.8. The van der Waals surface area contributed by atoms with Crippen molar-refractivity contribution in [2.75, 3.05) is 53.6 Å². The summed E-state index contributed by atoms with van der Waals surface area (Å²) < 4.78 is 10.4. The molecule has 0 unspecified atom stereocenters. The van der Waals surface area contributed by atoms with Gasteiger partial charge in [0, 0.05) is 38.4 Å². The number of aromatic amines is 1. The van der Waals surface area contributed by atoms with Gasteiger partial charge in [-0.2, -0.15) is 0 Å². The van der Waals surface area contributed by atoms with Gasteiger partial charge in [0.2, 0.25) is 0 Å². The number of pyridine rings is 1. The lowest BCUT2D eigenvalue weighted by atomic mass is 10.1. The van der Waals surface area contributed by atoms with Gasteiger partial charge >= 0.3 is 0 Å². The van der Waals surface area contributed by atoms with Crippen LogP contribution in [0.3, 0.4) is 0 Å². The van der Waals surface area contributed by atoms with Crippen LogP contribution in [0.2, 0.25) is 0 Å². The molecule has 8 heteroatoms. The predicted octanol–water partition coefficient (Wildman–Crippen LogP) is 2.98. The molecule has 1 aromatic carbocycles. The summed E-state index contributed by atoms with van der Waals surface area (Å²) in [5, 5.41) is 4.95. The second-order valence-electron chi connectivity index (χ2n) is 7.46. The zero-order chi connectivity index (χ0) is 22.6. The Labute approximate surface area is 190 Å². The number of nitrogens with one attached hydrogen (secondary N) is 2. The highest BCUT2D eigenvalue weighted by Gasteiger charge is 2.14. The number of ether oxygens (including phenoxy) is 2. The highest BCUT2D eigenvalue weighted by atomic mass is 32.1. The van der Waals surface area contributed by atoms with Crippen LogP contribution in [0.15, 0.2) is 29.1 Å². The number of thiocarbonyl (C=S) groups is 1. The third-order valence-electron chi connectivity index (χ3n) is 5.38. The number of fused-ring (bicyclic) bond motifs is 1. The van der Waals surface area contributed by atoms with E-state index in [1.165, 1.54) is 0 Å². The van der Waals surface area contributed by atoms with Crippen molar-refractivity contribution in [1.29, 1.82) is 0 Å². The molecule has 0 aliphatic carbocycles. The lowest BCUT2D eigenvalue weighted by molar-refractivity contribution is 0.195. The Morgan fingerprint density at radius 1 is 1.13 bits per heavy atom. The van der Waals surface area contributed by atoms with Crippen molar-refractivity contribution in [1.82, 2.24) is 20.1 Å². The van der Waals surface area contributed by atoms with Crippen LogP contribution in [0.25, 0.3) is 10.9 Å². The largest absolute Gasteiger partial charge is 0.497 e. The van der Waals surface area contributed by atoms with Crippen LogP contribution < -0.4 is 15.6 Å². The maximum absolute atomic E-state index is 12.8. The summed E-state index contributed by atoms with van der Waals surface area (Å²) in [6, 6.07) is 7.64. The van der Waals surface area contributed by atoms with Gasteiger partial charge in [-0.25, -0.2) is 0 Å². The molecule has 172 valence electrons. The van der Waals surface area contributed by atoms with Gasteiger partial charge in [-0.15, -0.1) is 0 Å². The molecular weight excluding hydrogens is 412 g/mol. The number of hydrogen-bond acceptors (Lipinski definition) is 5. The molecule has 0 amide bonds. The fraction of sp³-hybridized carbons (Fsp3) is 0.565. The van der Waals surface area contributed by atoms with E-state index in [2.05, 4.69) is 33.9 Å². The first kappa shape index (κ1) is 25.1. The van der Waals surface area contributed by atoms with Crippen LogP contribution in [-0.4, -0.2) is 73.4 Å². The summed E-state index contributed by atoms with van der Waals surface area (Å²) in [6.07, 6.45) is 1.85. The molecule has 0 saturated heterocycles. The zero-order valence-electron chi connectivity index (χ0n) is 19.2. The molecule has 2 N–H and O–H groups in total. The number of methoxy groups -OCH3 is 2. The van der Waals surface area contributed by atoms with Crippen LogP contribution >= 0.6 is 12.2 Å². The fourth-order valence-electron chi connectivity index (χ4n) is 3.48. The van der Waals surface area contributed by atoms with Crippen molar-refractivity contribution >= 4 is 28.2 Å². The lowest BCUT2D eigenvalue weighted by Crippen LogP contribution is -2.42. The summed E-state index contributed by atoms with van der Waals surface area (Å²) in [5.41, 5.74) is 1.36. The maximum atomic E-state index is 12.8. The van der Waals surface area contributed by atoms with Crippen LogP contribution in [-0.2, 0) is 11.3 Å². The Morgan fingerprint density at radius 3 is 2.58 bits per heavy atom. The molecule has 31 heavy (non-hydrogen) atoms. The molecule has 1 heterocycles. The Morgan fingerprint density at radius 2 is 1.90 bits per heavy atom. The Bertz CT molecular complexity index is 883. The SMILES string of the molecule is CCN(CC)CCCN(Cc1cc2ccc(OC)cc2[nH]c1=O)C(=S)NCCCOC. The molecule has 2 rings (SSSR count). The van der Waals surface area contributed by atoms with Gasteiger partial charge in [-0.1, -0.05) is 13.8 Å². The average Bonchev–Trinajstić information content (AvgIpc) is 2.78. The molecule has 0 fully saturated rings. The quantitative estimate of drug-likeness (QED) is 0.361. The van der Waals surface area contributed by atoms with Crippen molar-refractivity contribution in [2.45, 2.75) is 33.2 Å². The number of hydrogen-bond donors (Lipinski definition) is 2. The van der Waals surface area contributed by atoms with Gasteiger partial charge < -0.3 is 29.6 Å². The number of aromatic nitrogens is 1. The van der Waals surface area contributed by atoms with Crippen molar-refractivity contribution in [3.05, 3.63) is 40.2 Å². The standard InChI is InChI=1S/C23H36N4O3S/c1-5-26(6-2)12-8-13-27(23(31)24-11-7-14-29-3)17-19-15-18-9-10-20(30-4)16-21(18)25-22(19)28/h9-10,15-16H,5-8,11-14,17H2,1-4H3,(H,24,31)(H,25,28). The van der Waals surface area contributed by atoms with Gasteiger partial charge in [0.25, 0.3) is 5.56 Å².